The van der Waals surface area contributed by atoms with Crippen molar-refractivity contribution >= 4 is 46.0 Å². The van der Waals surface area contributed by atoms with Crippen LogP contribution in [0.3, 0.4) is 0 Å². The van der Waals surface area contributed by atoms with Crippen LogP contribution in [0.1, 0.15) is 45.1 Å². The van der Waals surface area contributed by atoms with E-state index in [-0.39, 0.29) is 11.2 Å². The van der Waals surface area contributed by atoms with Gasteiger partial charge in [-0.1, -0.05) is 54.5 Å². The highest BCUT2D eigenvalue weighted by Gasteiger charge is 2.24. The molecule has 3 aromatic rings. The quantitative estimate of drug-likeness (QED) is 0.652. The van der Waals surface area contributed by atoms with Crippen LogP contribution >= 0.6 is 23.1 Å². The van der Waals surface area contributed by atoms with Crippen LogP contribution in [0.5, 0.6) is 0 Å². The molecule has 0 bridgehead atoms. The molecule has 2 heterocycles. The number of thioether (sulfide) groups is 1. The lowest BCUT2D eigenvalue weighted by Gasteiger charge is -2.25. The van der Waals surface area contributed by atoms with Gasteiger partial charge >= 0.3 is 0 Å². The van der Waals surface area contributed by atoms with Crippen molar-refractivity contribution in [2.24, 2.45) is 0 Å². The van der Waals surface area contributed by atoms with E-state index in [9.17, 15) is 4.79 Å². The Labute approximate surface area is 160 Å². The lowest BCUT2D eigenvalue weighted by Crippen LogP contribution is -2.25. The number of para-hydroxylation sites is 2. The van der Waals surface area contributed by atoms with Crippen molar-refractivity contribution in [3.05, 3.63) is 29.8 Å². The molecule has 8 heteroatoms. The van der Waals surface area contributed by atoms with Crippen LogP contribution in [-0.2, 0) is 4.79 Å². The molecule has 136 valence electrons. The highest BCUT2D eigenvalue weighted by Crippen LogP contribution is 2.34. The summed E-state index contributed by atoms with van der Waals surface area (Å²) in [6.07, 6.45) is 6.03. The minimum absolute atomic E-state index is 0.0578. The Balaban J connectivity index is 1.59. The summed E-state index contributed by atoms with van der Waals surface area (Å²) in [6, 6.07) is 8.51. The minimum Gasteiger partial charge on any atom is -0.307 e. The fourth-order valence-corrected chi connectivity index (χ4v) is 5.10. The Hall–Kier alpha value is -1.93. The van der Waals surface area contributed by atoms with E-state index in [1.165, 1.54) is 42.4 Å². The number of rotatable bonds is 5. The van der Waals surface area contributed by atoms with Crippen LogP contribution in [-0.4, -0.2) is 30.9 Å². The van der Waals surface area contributed by atoms with Crippen molar-refractivity contribution in [1.29, 1.82) is 0 Å². The van der Waals surface area contributed by atoms with Crippen molar-refractivity contribution in [3.63, 3.8) is 0 Å². The van der Waals surface area contributed by atoms with Crippen LogP contribution in [0.2, 0.25) is 0 Å². The van der Waals surface area contributed by atoms with Gasteiger partial charge in [0.2, 0.25) is 11.9 Å². The summed E-state index contributed by atoms with van der Waals surface area (Å²) >= 11 is 2.87. The second kappa shape index (κ2) is 7.75. The third-order valence-corrected chi connectivity index (χ3v) is 6.67. The number of imidazole rings is 1. The van der Waals surface area contributed by atoms with Gasteiger partial charge in [-0.3, -0.25) is 10.1 Å². The molecule has 1 fully saturated rings. The summed E-state index contributed by atoms with van der Waals surface area (Å²) in [5, 5.41) is 10.6. The van der Waals surface area contributed by atoms with Crippen LogP contribution in [0, 0.1) is 0 Å². The molecule has 6 nitrogen and oxygen atoms in total. The molecule has 26 heavy (non-hydrogen) atoms. The standard InChI is InChI=1S/C18H21N5OS2/c1-12(26-18-22-19-11-25-18)16(24)21-17-20-14-9-5-6-10-15(14)23(17)13-7-3-2-4-8-13/h5-6,9-13H,2-4,7-8H2,1H3,(H,20,21,24). The summed E-state index contributed by atoms with van der Waals surface area (Å²) in [6.45, 7) is 1.88. The van der Waals surface area contributed by atoms with Gasteiger partial charge < -0.3 is 4.57 Å². The predicted octanol–water partition coefficient (Wildman–Crippen LogP) is 4.51. The van der Waals surface area contributed by atoms with E-state index in [1.807, 2.05) is 25.1 Å². The number of aromatic nitrogens is 4. The number of benzene rings is 1. The number of hydrogen-bond acceptors (Lipinski definition) is 6. The first-order valence-corrected chi connectivity index (χ1v) is 10.7. The minimum atomic E-state index is -0.262. The van der Waals surface area contributed by atoms with Gasteiger partial charge in [0.25, 0.3) is 0 Å². The molecule has 1 aliphatic rings. The summed E-state index contributed by atoms with van der Waals surface area (Å²) < 4.78 is 3.03. The highest BCUT2D eigenvalue weighted by molar-refractivity contribution is 8.02. The molecule has 0 saturated heterocycles. The molecule has 2 aromatic heterocycles. The number of carbonyl (C=O) groups excluding carboxylic acids is 1. The Morgan fingerprint density at radius 3 is 2.88 bits per heavy atom. The SMILES string of the molecule is CC(Sc1nncs1)C(=O)Nc1nc2ccccc2n1C1CCCCC1. The van der Waals surface area contributed by atoms with Crippen molar-refractivity contribution in [3.8, 4) is 0 Å². The average Bonchev–Trinajstić information content (AvgIpc) is 3.29. The molecular formula is C18H21N5OS2. The Morgan fingerprint density at radius 1 is 1.31 bits per heavy atom. The first-order valence-electron chi connectivity index (χ1n) is 8.93. The predicted molar refractivity (Wildman–Crippen MR) is 106 cm³/mol. The van der Waals surface area contributed by atoms with Crippen molar-refractivity contribution in [2.75, 3.05) is 5.32 Å². The van der Waals surface area contributed by atoms with Gasteiger partial charge in [-0.2, -0.15) is 0 Å². The Kier molecular flexibility index (Phi) is 5.21. The molecule has 1 unspecified atom stereocenters. The fourth-order valence-electron chi connectivity index (χ4n) is 3.47. The molecule has 1 amide bonds. The third kappa shape index (κ3) is 3.61. The number of nitrogens with one attached hydrogen (secondary N) is 1. The van der Waals surface area contributed by atoms with Gasteiger partial charge in [0.05, 0.1) is 16.3 Å². The first kappa shape index (κ1) is 17.5. The fraction of sp³-hybridized carbons (Fsp3) is 0.444. The monoisotopic (exact) mass is 387 g/mol. The number of carbonyl (C=O) groups is 1. The van der Waals surface area contributed by atoms with Gasteiger partial charge in [-0.25, -0.2) is 4.98 Å². The van der Waals surface area contributed by atoms with Gasteiger partial charge in [0.15, 0.2) is 4.34 Å². The van der Waals surface area contributed by atoms with E-state index in [0.717, 1.165) is 28.2 Å². The molecule has 1 atom stereocenters. The van der Waals surface area contributed by atoms with Crippen molar-refractivity contribution < 1.29 is 4.79 Å². The van der Waals surface area contributed by atoms with E-state index in [2.05, 4.69) is 26.1 Å². The molecule has 1 N–H and O–H groups in total. The second-order valence-corrected chi connectivity index (χ2v) is 8.96. The lowest BCUT2D eigenvalue weighted by molar-refractivity contribution is -0.115. The van der Waals surface area contributed by atoms with E-state index >= 15 is 0 Å². The Morgan fingerprint density at radius 2 is 2.12 bits per heavy atom. The number of anilines is 1. The molecule has 0 aliphatic heterocycles. The third-order valence-electron chi connectivity index (χ3n) is 4.76. The molecule has 0 radical (unpaired) electrons. The maximum atomic E-state index is 12.7. The smallest absolute Gasteiger partial charge is 0.239 e. The first-order chi connectivity index (χ1) is 12.7. The molecular weight excluding hydrogens is 366 g/mol. The molecule has 1 aliphatic carbocycles. The summed E-state index contributed by atoms with van der Waals surface area (Å²) in [5.41, 5.74) is 3.70. The van der Waals surface area contributed by atoms with Crippen molar-refractivity contribution in [1.82, 2.24) is 19.7 Å². The van der Waals surface area contributed by atoms with Crippen LogP contribution < -0.4 is 5.32 Å². The zero-order valence-corrected chi connectivity index (χ0v) is 16.2. The number of fused-ring (bicyclic) bond motifs is 1. The zero-order valence-electron chi connectivity index (χ0n) is 14.6. The molecule has 0 spiro atoms. The van der Waals surface area contributed by atoms with Gasteiger partial charge in [0, 0.05) is 6.04 Å². The lowest BCUT2D eigenvalue weighted by atomic mass is 9.95. The number of amides is 1. The van der Waals surface area contributed by atoms with E-state index in [0.29, 0.717) is 12.0 Å². The van der Waals surface area contributed by atoms with Gasteiger partial charge in [-0.05, 0) is 31.9 Å². The average molecular weight is 388 g/mol. The van der Waals surface area contributed by atoms with Gasteiger partial charge in [-0.15, -0.1) is 10.2 Å². The van der Waals surface area contributed by atoms with E-state index < -0.39 is 0 Å². The van der Waals surface area contributed by atoms with Gasteiger partial charge in [0.1, 0.15) is 5.51 Å². The number of nitrogens with zero attached hydrogens (tertiary/aromatic N) is 4. The molecule has 1 saturated carbocycles. The van der Waals surface area contributed by atoms with E-state index in [1.54, 1.807) is 5.51 Å². The topological polar surface area (TPSA) is 72.7 Å². The molecule has 4 rings (SSSR count). The maximum absolute atomic E-state index is 12.7. The summed E-state index contributed by atoms with van der Waals surface area (Å²) in [5.74, 6) is 0.602. The normalized spacial score (nSPS) is 16.7. The zero-order chi connectivity index (χ0) is 17.9. The maximum Gasteiger partial charge on any atom is 0.239 e. The Bertz CT molecular complexity index is 886. The van der Waals surface area contributed by atoms with Crippen LogP contribution in [0.4, 0.5) is 5.95 Å². The summed E-state index contributed by atoms with van der Waals surface area (Å²) in [4.78, 5) is 17.4. The highest BCUT2D eigenvalue weighted by atomic mass is 32.2. The second-order valence-electron chi connectivity index (χ2n) is 6.54. The number of hydrogen-bond donors (Lipinski definition) is 1. The van der Waals surface area contributed by atoms with Crippen LogP contribution in [0.25, 0.3) is 11.0 Å². The van der Waals surface area contributed by atoms with E-state index in [4.69, 9.17) is 4.98 Å². The molecule has 1 aromatic carbocycles. The summed E-state index contributed by atoms with van der Waals surface area (Å²) in [7, 11) is 0. The largest absolute Gasteiger partial charge is 0.307 e. The van der Waals surface area contributed by atoms with Crippen LogP contribution in [0.15, 0.2) is 34.1 Å². The van der Waals surface area contributed by atoms with Crippen molar-refractivity contribution in [2.45, 2.75) is 54.7 Å².